The second-order valence-corrected chi connectivity index (χ2v) is 6.58. The van der Waals surface area contributed by atoms with Crippen molar-refractivity contribution in [3.8, 4) is 0 Å². The molecular weight excluding hydrogens is 443 g/mol. The highest BCUT2D eigenvalue weighted by molar-refractivity contribution is 14.1. The predicted molar refractivity (Wildman–Crippen MR) is 110 cm³/mol. The maximum Gasteiger partial charge on any atom is 0.251 e. The van der Waals surface area contributed by atoms with E-state index in [1.807, 2.05) is 54.6 Å². The Bertz CT molecular complexity index is 840. The average molecular weight is 460 g/mol. The highest BCUT2D eigenvalue weighted by atomic mass is 127. The van der Waals surface area contributed by atoms with Crippen LogP contribution >= 0.6 is 22.6 Å². The number of pyridine rings is 1. The average Bonchev–Trinajstić information content (AvgIpc) is 2.68. The maximum atomic E-state index is 12.0. The van der Waals surface area contributed by atoms with Gasteiger partial charge in [-0.1, -0.05) is 6.07 Å². The Hall–Kier alpha value is -2.75. The van der Waals surface area contributed by atoms with Gasteiger partial charge in [0.2, 0.25) is 0 Å². The van der Waals surface area contributed by atoms with Crippen LogP contribution in [-0.4, -0.2) is 34.2 Å². The minimum atomic E-state index is -0.0933. The van der Waals surface area contributed by atoms with Gasteiger partial charge in [-0.15, -0.1) is 10.2 Å². The fourth-order valence-electron chi connectivity index (χ4n) is 2.13. The molecule has 7 nitrogen and oxygen atoms in total. The van der Waals surface area contributed by atoms with Gasteiger partial charge in [-0.2, -0.15) is 0 Å². The zero-order valence-corrected chi connectivity index (χ0v) is 16.0. The molecule has 1 aromatic carbocycles. The van der Waals surface area contributed by atoms with Gasteiger partial charge in [0.25, 0.3) is 5.91 Å². The fraction of sp³-hybridized carbons (Fsp3) is 0.111. The van der Waals surface area contributed by atoms with Crippen molar-refractivity contribution in [2.75, 3.05) is 23.7 Å². The van der Waals surface area contributed by atoms with E-state index in [4.69, 9.17) is 0 Å². The number of benzene rings is 1. The minimum absolute atomic E-state index is 0.0933. The molecule has 8 heteroatoms. The molecule has 3 N–H and O–H groups in total. The number of anilines is 3. The zero-order valence-electron chi connectivity index (χ0n) is 13.8. The van der Waals surface area contributed by atoms with Gasteiger partial charge < -0.3 is 16.0 Å². The number of amides is 1. The van der Waals surface area contributed by atoms with Crippen LogP contribution in [0.3, 0.4) is 0 Å². The molecule has 0 saturated heterocycles. The molecule has 0 atom stereocenters. The van der Waals surface area contributed by atoms with Crippen LogP contribution in [0.15, 0.2) is 60.8 Å². The summed E-state index contributed by atoms with van der Waals surface area (Å²) < 4.78 is 1.10. The molecule has 2 aromatic heterocycles. The van der Waals surface area contributed by atoms with E-state index in [1.165, 1.54) is 0 Å². The lowest BCUT2D eigenvalue weighted by atomic mass is 10.2. The second kappa shape index (κ2) is 9.09. The molecule has 3 aromatic rings. The number of nitrogens with zero attached hydrogens (tertiary/aromatic N) is 3. The van der Waals surface area contributed by atoms with Gasteiger partial charge in [-0.3, -0.25) is 4.79 Å². The lowest BCUT2D eigenvalue weighted by Gasteiger charge is -2.08. The number of nitrogens with one attached hydrogen (secondary N) is 3. The van der Waals surface area contributed by atoms with Crippen molar-refractivity contribution in [2.24, 2.45) is 0 Å². The topological polar surface area (TPSA) is 91.8 Å². The Morgan fingerprint density at radius 1 is 0.885 bits per heavy atom. The lowest BCUT2D eigenvalue weighted by Crippen LogP contribution is -2.28. The van der Waals surface area contributed by atoms with Gasteiger partial charge in [0.05, 0.1) is 0 Å². The SMILES string of the molecule is O=C(NCCNc1ccc(Nc2ccccn2)nn1)c1ccc(I)cc1. The number of rotatable bonds is 7. The van der Waals surface area contributed by atoms with E-state index in [1.54, 1.807) is 6.20 Å². The van der Waals surface area contributed by atoms with Crippen LogP contribution in [0.2, 0.25) is 0 Å². The van der Waals surface area contributed by atoms with Crippen LogP contribution in [0.5, 0.6) is 0 Å². The quantitative estimate of drug-likeness (QED) is 0.371. The third-order valence-corrected chi connectivity index (χ3v) is 4.13. The first-order valence-corrected chi connectivity index (χ1v) is 9.08. The van der Waals surface area contributed by atoms with Gasteiger partial charge in [-0.25, -0.2) is 4.98 Å². The van der Waals surface area contributed by atoms with Crippen LogP contribution in [0.4, 0.5) is 17.5 Å². The molecule has 0 fully saturated rings. The van der Waals surface area contributed by atoms with Gasteiger partial charge in [0.15, 0.2) is 5.82 Å². The molecule has 0 radical (unpaired) electrons. The van der Waals surface area contributed by atoms with Crippen LogP contribution < -0.4 is 16.0 Å². The summed E-state index contributed by atoms with van der Waals surface area (Å²) in [5, 5.41) is 17.2. The van der Waals surface area contributed by atoms with Crippen molar-refractivity contribution in [1.29, 1.82) is 0 Å². The van der Waals surface area contributed by atoms with Crippen LogP contribution in [-0.2, 0) is 0 Å². The molecule has 1 amide bonds. The van der Waals surface area contributed by atoms with E-state index < -0.39 is 0 Å². The smallest absolute Gasteiger partial charge is 0.251 e. The summed E-state index contributed by atoms with van der Waals surface area (Å²) in [4.78, 5) is 16.2. The predicted octanol–water partition coefficient (Wildman–Crippen LogP) is 3.06. The molecule has 0 aliphatic rings. The Labute approximate surface area is 164 Å². The molecule has 3 rings (SSSR count). The third-order valence-electron chi connectivity index (χ3n) is 3.41. The van der Waals surface area contributed by atoms with Crippen molar-refractivity contribution in [3.05, 3.63) is 69.9 Å². The number of hydrogen-bond donors (Lipinski definition) is 3. The molecule has 0 aliphatic heterocycles. The van der Waals surface area contributed by atoms with E-state index >= 15 is 0 Å². The summed E-state index contributed by atoms with van der Waals surface area (Å²) in [7, 11) is 0. The summed E-state index contributed by atoms with van der Waals surface area (Å²) in [6.07, 6.45) is 1.70. The molecule has 2 heterocycles. The Morgan fingerprint density at radius 2 is 1.65 bits per heavy atom. The monoisotopic (exact) mass is 460 g/mol. The highest BCUT2D eigenvalue weighted by Gasteiger charge is 2.04. The summed E-state index contributed by atoms with van der Waals surface area (Å²) in [6, 6.07) is 16.7. The number of aromatic nitrogens is 3. The Kier molecular flexibility index (Phi) is 6.31. The molecule has 0 saturated carbocycles. The van der Waals surface area contributed by atoms with Crippen LogP contribution in [0, 0.1) is 3.57 Å². The molecule has 0 bridgehead atoms. The Balaban J connectivity index is 1.42. The maximum absolute atomic E-state index is 12.0. The zero-order chi connectivity index (χ0) is 18.2. The summed E-state index contributed by atoms with van der Waals surface area (Å²) >= 11 is 2.21. The lowest BCUT2D eigenvalue weighted by molar-refractivity contribution is 0.0955. The van der Waals surface area contributed by atoms with E-state index in [-0.39, 0.29) is 5.91 Å². The largest absolute Gasteiger partial charge is 0.367 e. The molecular formula is C18H17IN6O. The second-order valence-electron chi connectivity index (χ2n) is 5.33. The molecule has 0 unspecified atom stereocenters. The van der Waals surface area contributed by atoms with Crippen molar-refractivity contribution in [1.82, 2.24) is 20.5 Å². The van der Waals surface area contributed by atoms with Crippen molar-refractivity contribution >= 4 is 46.0 Å². The number of halogens is 1. The van der Waals surface area contributed by atoms with Gasteiger partial charge >= 0.3 is 0 Å². The van der Waals surface area contributed by atoms with Crippen LogP contribution in [0.1, 0.15) is 10.4 Å². The molecule has 0 spiro atoms. The molecule has 132 valence electrons. The number of hydrogen-bond acceptors (Lipinski definition) is 6. The normalized spacial score (nSPS) is 10.2. The van der Waals surface area contributed by atoms with E-state index in [2.05, 4.69) is 53.7 Å². The van der Waals surface area contributed by atoms with Gasteiger partial charge in [0.1, 0.15) is 11.6 Å². The van der Waals surface area contributed by atoms with Crippen molar-refractivity contribution in [2.45, 2.75) is 0 Å². The molecule has 0 aliphatic carbocycles. The first-order valence-electron chi connectivity index (χ1n) is 8.00. The Morgan fingerprint density at radius 3 is 2.35 bits per heavy atom. The third kappa shape index (κ3) is 5.38. The van der Waals surface area contributed by atoms with E-state index in [0.29, 0.717) is 36.1 Å². The summed E-state index contributed by atoms with van der Waals surface area (Å²) in [5.74, 6) is 1.87. The minimum Gasteiger partial charge on any atom is -0.367 e. The van der Waals surface area contributed by atoms with Crippen molar-refractivity contribution in [3.63, 3.8) is 0 Å². The number of carbonyl (C=O) groups excluding carboxylic acids is 1. The van der Waals surface area contributed by atoms with E-state index in [0.717, 1.165) is 3.57 Å². The first kappa shape index (κ1) is 18.1. The fourth-order valence-corrected chi connectivity index (χ4v) is 2.49. The van der Waals surface area contributed by atoms with Gasteiger partial charge in [-0.05, 0) is 71.1 Å². The standard InChI is InChI=1S/C18H17IN6O/c19-14-6-4-13(5-7-14)18(26)22-12-11-21-16-8-9-17(25-24-16)23-15-3-1-2-10-20-15/h1-10H,11-12H2,(H,21,24)(H,22,26)(H,20,23,25). The van der Waals surface area contributed by atoms with E-state index in [9.17, 15) is 4.79 Å². The summed E-state index contributed by atoms with van der Waals surface area (Å²) in [5.41, 5.74) is 0.648. The first-order chi connectivity index (χ1) is 12.7. The number of carbonyl (C=O) groups is 1. The molecule has 26 heavy (non-hydrogen) atoms. The van der Waals surface area contributed by atoms with Gasteiger partial charge in [0, 0.05) is 28.4 Å². The summed E-state index contributed by atoms with van der Waals surface area (Å²) in [6.45, 7) is 1.04. The van der Waals surface area contributed by atoms with Crippen molar-refractivity contribution < 1.29 is 4.79 Å². The van der Waals surface area contributed by atoms with Crippen LogP contribution in [0.25, 0.3) is 0 Å². The highest BCUT2D eigenvalue weighted by Crippen LogP contribution is 2.11.